The molecular formula is C13H23N3O5. The second-order valence-electron chi connectivity index (χ2n) is 4.61. The monoisotopic (exact) mass is 301 g/mol. The zero-order chi connectivity index (χ0) is 16.3. The number of likely N-dealkylation sites (N-methyl/N-ethyl adjacent to an activating group) is 1. The van der Waals surface area contributed by atoms with Crippen LogP contribution in [0.5, 0.6) is 0 Å². The summed E-state index contributed by atoms with van der Waals surface area (Å²) in [5.41, 5.74) is 0. The smallest absolute Gasteiger partial charge is 0.303 e. The van der Waals surface area contributed by atoms with Crippen molar-refractivity contribution in [2.24, 2.45) is 0 Å². The van der Waals surface area contributed by atoms with Gasteiger partial charge >= 0.3 is 5.97 Å². The van der Waals surface area contributed by atoms with E-state index in [0.29, 0.717) is 25.8 Å². The van der Waals surface area contributed by atoms with Crippen molar-refractivity contribution in [2.45, 2.75) is 45.1 Å². The second kappa shape index (κ2) is 10.6. The van der Waals surface area contributed by atoms with Gasteiger partial charge in [-0.25, -0.2) is 0 Å². The lowest BCUT2D eigenvalue weighted by molar-refractivity contribution is -0.138. The fourth-order valence-electron chi connectivity index (χ4n) is 1.70. The van der Waals surface area contributed by atoms with Crippen LogP contribution in [0.4, 0.5) is 0 Å². The second-order valence-corrected chi connectivity index (χ2v) is 4.61. The molecule has 0 radical (unpaired) electrons. The van der Waals surface area contributed by atoms with Crippen LogP contribution in [-0.4, -0.2) is 48.4 Å². The van der Waals surface area contributed by atoms with Crippen molar-refractivity contribution in [3.63, 3.8) is 0 Å². The van der Waals surface area contributed by atoms with Gasteiger partial charge in [0.15, 0.2) is 0 Å². The molecule has 0 saturated heterocycles. The van der Waals surface area contributed by atoms with Crippen LogP contribution >= 0.6 is 0 Å². The lowest BCUT2D eigenvalue weighted by Gasteiger charge is -2.16. The summed E-state index contributed by atoms with van der Waals surface area (Å²) in [6, 6.07) is -0.574. The maximum absolute atomic E-state index is 11.5. The summed E-state index contributed by atoms with van der Waals surface area (Å²) in [4.78, 5) is 44.0. The van der Waals surface area contributed by atoms with E-state index in [-0.39, 0.29) is 30.6 Å². The van der Waals surface area contributed by atoms with E-state index in [9.17, 15) is 19.2 Å². The number of hydrogen-bond donors (Lipinski definition) is 4. The fraction of sp³-hybridized carbons (Fsp3) is 0.692. The van der Waals surface area contributed by atoms with Gasteiger partial charge in [0.05, 0.1) is 6.42 Å². The van der Waals surface area contributed by atoms with Gasteiger partial charge in [-0.3, -0.25) is 19.2 Å². The lowest BCUT2D eigenvalue weighted by atomic mass is 10.1. The van der Waals surface area contributed by atoms with Gasteiger partial charge in [0.2, 0.25) is 17.7 Å². The summed E-state index contributed by atoms with van der Waals surface area (Å²) >= 11 is 0. The van der Waals surface area contributed by atoms with Gasteiger partial charge in [-0.05, 0) is 19.3 Å². The molecule has 0 aliphatic heterocycles. The average Bonchev–Trinajstić information content (AvgIpc) is 2.42. The zero-order valence-corrected chi connectivity index (χ0v) is 12.4. The van der Waals surface area contributed by atoms with Crippen LogP contribution in [0.1, 0.15) is 39.0 Å². The molecule has 0 rings (SSSR count). The number of carboxylic acids is 1. The minimum absolute atomic E-state index is 0.0396. The molecule has 21 heavy (non-hydrogen) atoms. The van der Waals surface area contributed by atoms with Gasteiger partial charge < -0.3 is 21.1 Å². The Labute approximate surface area is 123 Å². The number of hydrogen-bond acceptors (Lipinski definition) is 4. The van der Waals surface area contributed by atoms with E-state index >= 15 is 0 Å². The first-order valence-electron chi connectivity index (χ1n) is 6.84. The first-order valence-corrected chi connectivity index (χ1v) is 6.84. The van der Waals surface area contributed by atoms with Gasteiger partial charge in [0.1, 0.15) is 6.04 Å². The van der Waals surface area contributed by atoms with E-state index in [0.717, 1.165) is 0 Å². The third-order valence-corrected chi connectivity index (χ3v) is 2.75. The van der Waals surface area contributed by atoms with Crippen molar-refractivity contribution in [1.82, 2.24) is 16.0 Å². The minimum atomic E-state index is -1.01. The van der Waals surface area contributed by atoms with Crippen molar-refractivity contribution in [1.29, 1.82) is 0 Å². The number of rotatable bonds is 10. The van der Waals surface area contributed by atoms with E-state index in [1.54, 1.807) is 0 Å². The zero-order valence-electron chi connectivity index (χ0n) is 12.4. The lowest BCUT2D eigenvalue weighted by Crippen LogP contribution is -2.44. The van der Waals surface area contributed by atoms with E-state index in [4.69, 9.17) is 5.11 Å². The Morgan fingerprint density at radius 1 is 1.10 bits per heavy atom. The van der Waals surface area contributed by atoms with E-state index < -0.39 is 12.0 Å². The number of nitrogens with one attached hydrogen (secondary N) is 3. The summed E-state index contributed by atoms with van der Waals surface area (Å²) in [6.07, 6.45) is 1.54. The number of unbranched alkanes of at least 4 members (excludes halogenated alkanes) is 1. The molecule has 0 aliphatic rings. The Kier molecular flexibility index (Phi) is 9.57. The Morgan fingerprint density at radius 2 is 1.76 bits per heavy atom. The Balaban J connectivity index is 3.84. The van der Waals surface area contributed by atoms with Crippen molar-refractivity contribution in [2.75, 3.05) is 13.6 Å². The summed E-state index contributed by atoms with van der Waals surface area (Å²) in [6.45, 7) is 1.76. The van der Waals surface area contributed by atoms with Gasteiger partial charge in [-0.1, -0.05) is 0 Å². The molecule has 0 bridgehead atoms. The molecule has 0 saturated carbocycles. The maximum atomic E-state index is 11.5. The number of carbonyl (C=O) groups excluding carboxylic acids is 3. The molecule has 4 N–H and O–H groups in total. The van der Waals surface area contributed by atoms with Crippen molar-refractivity contribution < 1.29 is 24.3 Å². The number of carboxylic acid groups (broad SMARTS) is 1. The standard InChI is InChI=1S/C13H23N3O5/c1-9(17)16-10(13(21)14-2)5-3-4-8-15-11(18)6-7-12(19)20/h10H,3-8H2,1-2H3,(H,14,21)(H,15,18)(H,16,17)(H,19,20)/t10-/m0/s1. The summed E-state index contributed by atoms with van der Waals surface area (Å²) in [5, 5.41) is 16.1. The molecule has 3 amide bonds. The molecule has 0 aliphatic carbocycles. The average molecular weight is 301 g/mol. The SMILES string of the molecule is CNC(=O)[C@H](CCCCNC(=O)CCC(=O)O)NC(C)=O. The highest BCUT2D eigenvalue weighted by molar-refractivity contribution is 5.86. The van der Waals surface area contributed by atoms with Crippen LogP contribution in [0.25, 0.3) is 0 Å². The molecule has 0 unspecified atom stereocenters. The Bertz CT molecular complexity index is 384. The fourth-order valence-corrected chi connectivity index (χ4v) is 1.70. The van der Waals surface area contributed by atoms with Crippen LogP contribution in [0.2, 0.25) is 0 Å². The molecule has 0 aromatic rings. The quantitative estimate of drug-likeness (QED) is 0.401. The summed E-state index contributed by atoms with van der Waals surface area (Å²) in [5.74, 6) is -1.84. The van der Waals surface area contributed by atoms with Crippen LogP contribution in [0.15, 0.2) is 0 Å². The van der Waals surface area contributed by atoms with Gasteiger partial charge in [0, 0.05) is 26.9 Å². The highest BCUT2D eigenvalue weighted by Gasteiger charge is 2.17. The number of carbonyl (C=O) groups is 4. The first kappa shape index (κ1) is 18.9. The first-order chi connectivity index (χ1) is 9.86. The molecule has 0 heterocycles. The van der Waals surface area contributed by atoms with Crippen LogP contribution in [0.3, 0.4) is 0 Å². The molecule has 8 heteroatoms. The largest absolute Gasteiger partial charge is 0.481 e. The van der Waals surface area contributed by atoms with Gasteiger partial charge in [-0.15, -0.1) is 0 Å². The minimum Gasteiger partial charge on any atom is -0.481 e. The van der Waals surface area contributed by atoms with Crippen LogP contribution in [-0.2, 0) is 19.2 Å². The highest BCUT2D eigenvalue weighted by Crippen LogP contribution is 2.01. The number of amides is 3. The molecule has 0 spiro atoms. The van der Waals surface area contributed by atoms with E-state index in [2.05, 4.69) is 16.0 Å². The van der Waals surface area contributed by atoms with E-state index in [1.807, 2.05) is 0 Å². The molecule has 0 aromatic carbocycles. The molecular weight excluding hydrogens is 278 g/mol. The Morgan fingerprint density at radius 3 is 2.29 bits per heavy atom. The predicted molar refractivity (Wildman–Crippen MR) is 75.4 cm³/mol. The molecule has 120 valence electrons. The molecule has 0 aromatic heterocycles. The van der Waals surface area contributed by atoms with Crippen molar-refractivity contribution in [3.8, 4) is 0 Å². The van der Waals surface area contributed by atoms with Crippen LogP contribution in [0, 0.1) is 0 Å². The maximum Gasteiger partial charge on any atom is 0.303 e. The third-order valence-electron chi connectivity index (χ3n) is 2.75. The van der Waals surface area contributed by atoms with Crippen LogP contribution < -0.4 is 16.0 Å². The highest BCUT2D eigenvalue weighted by atomic mass is 16.4. The summed E-state index contributed by atoms with van der Waals surface area (Å²) < 4.78 is 0. The van der Waals surface area contributed by atoms with Crippen molar-refractivity contribution >= 4 is 23.7 Å². The molecule has 8 nitrogen and oxygen atoms in total. The summed E-state index contributed by atoms with van der Waals surface area (Å²) in [7, 11) is 1.50. The van der Waals surface area contributed by atoms with Gasteiger partial charge in [-0.2, -0.15) is 0 Å². The van der Waals surface area contributed by atoms with Gasteiger partial charge in [0.25, 0.3) is 0 Å². The molecule has 0 fully saturated rings. The van der Waals surface area contributed by atoms with Crippen molar-refractivity contribution in [3.05, 3.63) is 0 Å². The molecule has 1 atom stereocenters. The third kappa shape index (κ3) is 10.3. The topological polar surface area (TPSA) is 125 Å². The van der Waals surface area contributed by atoms with E-state index in [1.165, 1.54) is 14.0 Å². The normalized spacial score (nSPS) is 11.3. The number of aliphatic carboxylic acids is 1. The Hall–Kier alpha value is -2.12. The predicted octanol–water partition coefficient (Wildman–Crippen LogP) is -0.612.